The van der Waals surface area contributed by atoms with Crippen molar-refractivity contribution in [2.75, 3.05) is 6.61 Å². The van der Waals surface area contributed by atoms with Gasteiger partial charge in [-0.25, -0.2) is 9.36 Å². The number of rotatable bonds is 12. The predicted molar refractivity (Wildman–Crippen MR) is 139 cm³/mol. The van der Waals surface area contributed by atoms with Crippen LogP contribution in [0.1, 0.15) is 39.8 Å². The van der Waals surface area contributed by atoms with Crippen LogP contribution in [-0.2, 0) is 18.6 Å². The molecule has 5 N–H and O–H groups in total. The van der Waals surface area contributed by atoms with E-state index < -0.39 is 67.1 Å². The highest BCUT2D eigenvalue weighted by atomic mass is 31.2. The van der Waals surface area contributed by atoms with Crippen molar-refractivity contribution in [3.8, 4) is 18.1 Å². The zero-order valence-corrected chi connectivity index (χ0v) is 22.5. The summed E-state index contributed by atoms with van der Waals surface area (Å²) >= 11 is 0. The lowest BCUT2D eigenvalue weighted by atomic mass is 9.83. The SMILES string of the molecule is C#C[C@@]1(O)[C@H](O)[C@@H](COP(=O)(NC(C)(C(=O)O)C(CC)CC)Oc2ccccc2)O[C@H]1n1ccc(=O)[nH]c1=O. The number of benzene rings is 1. The lowest BCUT2D eigenvalue weighted by Gasteiger charge is -2.36. The van der Waals surface area contributed by atoms with Gasteiger partial charge in [0, 0.05) is 12.3 Å². The van der Waals surface area contributed by atoms with E-state index in [0.29, 0.717) is 12.8 Å². The molecule has 1 aromatic carbocycles. The van der Waals surface area contributed by atoms with Crippen molar-refractivity contribution < 1.29 is 38.5 Å². The fraction of sp³-hybridized carbons (Fsp3) is 0.480. The first-order valence-corrected chi connectivity index (χ1v) is 13.7. The van der Waals surface area contributed by atoms with E-state index in [-0.39, 0.29) is 5.75 Å². The maximum atomic E-state index is 14.0. The third-order valence-electron chi connectivity index (χ3n) is 6.81. The Morgan fingerprint density at radius 2 is 1.95 bits per heavy atom. The summed E-state index contributed by atoms with van der Waals surface area (Å²) in [4.78, 5) is 38.1. The molecular formula is C25H32N3O10P. The smallest absolute Gasteiger partial charge is 0.459 e. The largest absolute Gasteiger partial charge is 0.480 e. The highest BCUT2D eigenvalue weighted by Crippen LogP contribution is 2.49. The molecule has 2 unspecified atom stereocenters. The number of ether oxygens (including phenoxy) is 1. The molecule has 0 spiro atoms. The Bertz CT molecular complexity index is 1370. The molecule has 2 heterocycles. The molecule has 0 saturated carbocycles. The van der Waals surface area contributed by atoms with Crippen molar-refractivity contribution in [1.29, 1.82) is 0 Å². The van der Waals surface area contributed by atoms with Crippen LogP contribution in [-0.4, -0.2) is 60.8 Å². The van der Waals surface area contributed by atoms with Crippen LogP contribution in [0.4, 0.5) is 0 Å². The van der Waals surface area contributed by atoms with Gasteiger partial charge < -0.3 is 24.6 Å². The number of nitrogens with one attached hydrogen (secondary N) is 2. The molecule has 0 radical (unpaired) electrons. The third-order valence-corrected chi connectivity index (χ3v) is 8.49. The van der Waals surface area contributed by atoms with E-state index in [0.717, 1.165) is 16.8 Å². The number of aliphatic carboxylic acids is 1. The lowest BCUT2D eigenvalue weighted by molar-refractivity contribution is -0.146. The van der Waals surface area contributed by atoms with Gasteiger partial charge in [0.2, 0.25) is 0 Å². The van der Waals surface area contributed by atoms with E-state index in [2.05, 4.69) is 5.09 Å². The van der Waals surface area contributed by atoms with Gasteiger partial charge in [-0.05, 0) is 25.0 Å². The quantitative estimate of drug-likeness (QED) is 0.184. The monoisotopic (exact) mass is 565 g/mol. The van der Waals surface area contributed by atoms with Gasteiger partial charge in [-0.15, -0.1) is 6.42 Å². The number of nitrogens with zero attached hydrogens (tertiary/aromatic N) is 1. The zero-order chi connectivity index (χ0) is 29.0. The highest BCUT2D eigenvalue weighted by molar-refractivity contribution is 7.52. The second kappa shape index (κ2) is 11.9. The number of para-hydroxylation sites is 1. The molecule has 0 aliphatic carbocycles. The molecule has 1 aliphatic rings. The van der Waals surface area contributed by atoms with E-state index in [1.807, 2.05) is 10.9 Å². The van der Waals surface area contributed by atoms with Crippen LogP contribution in [0.25, 0.3) is 0 Å². The summed E-state index contributed by atoms with van der Waals surface area (Å²) in [6, 6.07) is 8.89. The van der Waals surface area contributed by atoms with Crippen LogP contribution in [0.5, 0.6) is 5.75 Å². The normalized spacial score (nSPS) is 25.9. The fourth-order valence-electron chi connectivity index (χ4n) is 4.53. The van der Waals surface area contributed by atoms with E-state index in [9.17, 15) is 34.3 Å². The average Bonchev–Trinajstić information content (AvgIpc) is 3.14. The van der Waals surface area contributed by atoms with Crippen molar-refractivity contribution in [3.63, 3.8) is 0 Å². The summed E-state index contributed by atoms with van der Waals surface area (Å²) in [6.07, 6.45) is 2.43. The average molecular weight is 566 g/mol. The van der Waals surface area contributed by atoms with E-state index in [4.69, 9.17) is 20.2 Å². The minimum absolute atomic E-state index is 0.108. The molecule has 1 aliphatic heterocycles. The number of carbonyl (C=O) groups is 1. The Morgan fingerprint density at radius 1 is 1.31 bits per heavy atom. The van der Waals surface area contributed by atoms with Crippen molar-refractivity contribution in [2.45, 2.75) is 63.2 Å². The van der Waals surface area contributed by atoms with Crippen LogP contribution in [0.3, 0.4) is 0 Å². The molecule has 13 nitrogen and oxygen atoms in total. The second-order valence-electron chi connectivity index (χ2n) is 9.29. The number of hydrogen-bond donors (Lipinski definition) is 5. The fourth-order valence-corrected chi connectivity index (χ4v) is 6.28. The summed E-state index contributed by atoms with van der Waals surface area (Å²) < 4.78 is 31.7. The number of aromatic nitrogens is 2. The van der Waals surface area contributed by atoms with Gasteiger partial charge in [-0.1, -0.05) is 50.8 Å². The second-order valence-corrected chi connectivity index (χ2v) is 10.9. The maximum Gasteiger partial charge on any atom is 0.459 e. The standard InChI is InChI=1S/C25H32N3O10P/c1-5-16(6-2)24(4,22(31)32)27-39(35,38-17-11-9-8-10-12-17)36-15-18-20(30)25(34,7-3)21(37-18)28-14-13-19(29)26-23(28)33/h3,8-14,16,18,20-21,30,34H,5-6,15H2,1-2,4H3,(H,27,35)(H,31,32)(H,26,29,33)/t18-,20-,21-,24?,25-,39?/m1/s1. The summed E-state index contributed by atoms with van der Waals surface area (Å²) in [7, 11) is -4.51. The number of carboxylic acids is 1. The molecule has 39 heavy (non-hydrogen) atoms. The first kappa shape index (κ1) is 30.3. The van der Waals surface area contributed by atoms with E-state index in [1.54, 1.807) is 32.0 Å². The zero-order valence-electron chi connectivity index (χ0n) is 21.6. The van der Waals surface area contributed by atoms with Crippen LogP contribution >= 0.6 is 7.75 Å². The number of aliphatic hydroxyl groups is 2. The maximum absolute atomic E-state index is 14.0. The molecule has 1 aromatic heterocycles. The molecule has 2 aromatic rings. The summed E-state index contributed by atoms with van der Waals surface area (Å²) in [6.45, 7) is 4.26. The topological polar surface area (TPSA) is 189 Å². The molecule has 0 amide bonds. The van der Waals surface area contributed by atoms with Crippen LogP contribution < -0.4 is 20.9 Å². The molecule has 1 fully saturated rings. The summed E-state index contributed by atoms with van der Waals surface area (Å²) in [5.41, 5.74) is -5.85. The predicted octanol–water partition coefficient (Wildman–Crippen LogP) is 1.23. The molecule has 212 valence electrons. The number of carboxylic acid groups (broad SMARTS) is 1. The molecule has 3 rings (SSSR count). The summed E-state index contributed by atoms with van der Waals surface area (Å²) in [5.74, 6) is 0.364. The number of hydrogen-bond acceptors (Lipinski definition) is 9. The first-order chi connectivity index (χ1) is 18.3. The Kier molecular flexibility index (Phi) is 9.23. The van der Waals surface area contributed by atoms with Crippen LogP contribution in [0.15, 0.2) is 52.2 Å². The van der Waals surface area contributed by atoms with Gasteiger partial charge in [0.25, 0.3) is 5.56 Å². The van der Waals surface area contributed by atoms with E-state index in [1.165, 1.54) is 19.1 Å². The van der Waals surface area contributed by atoms with Crippen molar-refractivity contribution in [1.82, 2.24) is 14.6 Å². The molecule has 6 atom stereocenters. The summed E-state index contributed by atoms with van der Waals surface area (Å²) in [5, 5.41) is 34.4. The van der Waals surface area contributed by atoms with Crippen molar-refractivity contribution in [3.05, 3.63) is 63.4 Å². The molecular weight excluding hydrogens is 533 g/mol. The Morgan fingerprint density at radius 3 is 2.49 bits per heavy atom. The van der Waals surface area contributed by atoms with Crippen molar-refractivity contribution in [2.24, 2.45) is 5.92 Å². The third kappa shape index (κ3) is 6.17. The van der Waals surface area contributed by atoms with Gasteiger partial charge in [-0.3, -0.25) is 23.7 Å². The minimum Gasteiger partial charge on any atom is -0.480 e. The first-order valence-electron chi connectivity index (χ1n) is 12.2. The number of aliphatic hydroxyl groups excluding tert-OH is 1. The Hall–Kier alpha value is -3.24. The van der Waals surface area contributed by atoms with Gasteiger partial charge in [-0.2, -0.15) is 5.09 Å². The lowest BCUT2D eigenvalue weighted by Crippen LogP contribution is -2.54. The molecule has 0 bridgehead atoms. The number of H-pyrrole nitrogens is 1. The Balaban J connectivity index is 1.94. The van der Waals surface area contributed by atoms with Gasteiger partial charge >= 0.3 is 19.4 Å². The van der Waals surface area contributed by atoms with Crippen molar-refractivity contribution >= 4 is 13.7 Å². The minimum atomic E-state index is -4.51. The molecule has 14 heteroatoms. The van der Waals surface area contributed by atoms with Gasteiger partial charge in [0.05, 0.1) is 6.61 Å². The van der Waals surface area contributed by atoms with Gasteiger partial charge in [0.15, 0.2) is 11.8 Å². The van der Waals surface area contributed by atoms with Crippen LogP contribution in [0.2, 0.25) is 0 Å². The van der Waals surface area contributed by atoms with E-state index >= 15 is 0 Å². The number of terminal acetylenes is 1. The molecule has 1 saturated heterocycles. The van der Waals surface area contributed by atoms with Crippen LogP contribution in [0, 0.1) is 18.3 Å². The number of aromatic amines is 1. The highest BCUT2D eigenvalue weighted by Gasteiger charge is 2.57. The van der Waals surface area contributed by atoms with Gasteiger partial charge in [0.1, 0.15) is 23.5 Å². The Labute approximate surface area is 224 Å².